The first-order chi connectivity index (χ1) is 9.93. The molecule has 0 saturated carbocycles. The summed E-state index contributed by atoms with van der Waals surface area (Å²) < 4.78 is 1.73. The lowest BCUT2D eigenvalue weighted by Gasteiger charge is -2.39. The Hall–Kier alpha value is -1.40. The van der Waals surface area contributed by atoms with E-state index in [1.165, 1.54) is 0 Å². The highest BCUT2D eigenvalue weighted by Gasteiger charge is 2.38. The Balaban J connectivity index is 1.96. The van der Waals surface area contributed by atoms with E-state index in [0.717, 1.165) is 38.0 Å². The SMILES string of the molecule is CC(C)(C(=O)O)C1CCCN(Cc2cnn(CCO)c2)C1. The zero-order valence-corrected chi connectivity index (χ0v) is 12.8. The summed E-state index contributed by atoms with van der Waals surface area (Å²) in [6, 6.07) is 0. The van der Waals surface area contributed by atoms with Gasteiger partial charge in [0.2, 0.25) is 0 Å². The van der Waals surface area contributed by atoms with Crippen LogP contribution >= 0.6 is 0 Å². The number of carbonyl (C=O) groups is 1. The molecule has 0 radical (unpaired) electrons. The van der Waals surface area contributed by atoms with Crippen LogP contribution in [0.5, 0.6) is 0 Å². The zero-order valence-electron chi connectivity index (χ0n) is 12.8. The summed E-state index contributed by atoms with van der Waals surface area (Å²) in [5.41, 5.74) is 0.428. The van der Waals surface area contributed by atoms with Gasteiger partial charge in [-0.15, -0.1) is 0 Å². The van der Waals surface area contributed by atoms with Crippen molar-refractivity contribution in [2.45, 2.75) is 39.8 Å². The van der Waals surface area contributed by atoms with E-state index in [1.807, 2.05) is 26.2 Å². The second-order valence-corrected chi connectivity index (χ2v) is 6.44. The number of aliphatic carboxylic acids is 1. The molecule has 118 valence electrons. The standard InChI is InChI=1S/C15H25N3O3/c1-15(2,14(20)21)13-4-3-5-17(11-13)9-12-8-16-18(10-12)6-7-19/h8,10,13,19H,3-7,9,11H2,1-2H3,(H,20,21). The number of rotatable bonds is 6. The number of hydrogen-bond donors (Lipinski definition) is 2. The maximum Gasteiger partial charge on any atom is 0.309 e. The highest BCUT2D eigenvalue weighted by Crippen LogP contribution is 2.34. The van der Waals surface area contributed by atoms with Crippen LogP contribution in [0.25, 0.3) is 0 Å². The topological polar surface area (TPSA) is 78.6 Å². The molecule has 6 heteroatoms. The Morgan fingerprint density at radius 3 is 2.95 bits per heavy atom. The molecule has 21 heavy (non-hydrogen) atoms. The minimum absolute atomic E-state index is 0.0830. The van der Waals surface area contributed by atoms with E-state index in [-0.39, 0.29) is 12.5 Å². The van der Waals surface area contributed by atoms with Crippen LogP contribution in [0.15, 0.2) is 12.4 Å². The third-order valence-electron chi connectivity index (χ3n) is 4.50. The molecule has 0 aromatic carbocycles. The van der Waals surface area contributed by atoms with Crippen LogP contribution < -0.4 is 0 Å². The minimum atomic E-state index is -0.717. The van der Waals surface area contributed by atoms with Crippen LogP contribution in [0.4, 0.5) is 0 Å². The first-order valence-electron chi connectivity index (χ1n) is 7.51. The molecule has 0 aliphatic carbocycles. The molecule has 1 fully saturated rings. The Morgan fingerprint density at radius 1 is 1.52 bits per heavy atom. The van der Waals surface area contributed by atoms with Crippen LogP contribution in [-0.4, -0.2) is 50.6 Å². The van der Waals surface area contributed by atoms with E-state index in [4.69, 9.17) is 5.11 Å². The Labute approximate surface area is 125 Å². The van der Waals surface area contributed by atoms with Crippen LogP contribution in [0.2, 0.25) is 0 Å². The molecule has 1 saturated heterocycles. The molecule has 6 nitrogen and oxygen atoms in total. The number of nitrogens with zero attached hydrogens (tertiary/aromatic N) is 3. The van der Waals surface area contributed by atoms with Gasteiger partial charge >= 0.3 is 5.97 Å². The highest BCUT2D eigenvalue weighted by molar-refractivity contribution is 5.74. The third kappa shape index (κ3) is 3.83. The minimum Gasteiger partial charge on any atom is -0.481 e. The molecule has 2 heterocycles. The first kappa shape index (κ1) is 16.0. The van der Waals surface area contributed by atoms with Crippen LogP contribution in [0.1, 0.15) is 32.3 Å². The molecule has 0 spiro atoms. The van der Waals surface area contributed by atoms with Crippen LogP contribution in [-0.2, 0) is 17.9 Å². The average molecular weight is 295 g/mol. The van der Waals surface area contributed by atoms with Gasteiger partial charge in [-0.2, -0.15) is 5.10 Å². The van der Waals surface area contributed by atoms with Crippen molar-refractivity contribution in [2.75, 3.05) is 19.7 Å². The van der Waals surface area contributed by atoms with E-state index < -0.39 is 11.4 Å². The Morgan fingerprint density at radius 2 is 2.29 bits per heavy atom. The van der Waals surface area contributed by atoms with Gasteiger partial charge in [0.05, 0.1) is 24.8 Å². The number of likely N-dealkylation sites (tertiary alicyclic amines) is 1. The van der Waals surface area contributed by atoms with Crippen molar-refractivity contribution in [1.82, 2.24) is 14.7 Å². The summed E-state index contributed by atoms with van der Waals surface area (Å²) in [7, 11) is 0. The van der Waals surface area contributed by atoms with E-state index >= 15 is 0 Å². The molecule has 1 aromatic heterocycles. The summed E-state index contributed by atoms with van der Waals surface area (Å²) >= 11 is 0. The molecule has 1 aliphatic rings. The molecular formula is C15H25N3O3. The number of carboxylic acid groups (broad SMARTS) is 1. The van der Waals surface area contributed by atoms with Crippen molar-refractivity contribution >= 4 is 5.97 Å². The molecule has 1 aliphatic heterocycles. The fraction of sp³-hybridized carbons (Fsp3) is 0.733. The summed E-state index contributed by atoms with van der Waals surface area (Å²) in [6.07, 6.45) is 5.77. The number of aliphatic hydroxyl groups excluding tert-OH is 1. The predicted octanol–water partition coefficient (Wildman–Crippen LogP) is 1.20. The number of hydrogen-bond acceptors (Lipinski definition) is 4. The third-order valence-corrected chi connectivity index (χ3v) is 4.50. The van der Waals surface area contributed by atoms with Gasteiger partial charge in [-0.05, 0) is 39.2 Å². The van der Waals surface area contributed by atoms with Crippen LogP contribution in [0.3, 0.4) is 0 Å². The zero-order chi connectivity index (χ0) is 15.5. The summed E-state index contributed by atoms with van der Waals surface area (Å²) in [5, 5.41) is 22.5. The molecule has 1 unspecified atom stereocenters. The molecule has 2 rings (SSSR count). The van der Waals surface area contributed by atoms with E-state index in [0.29, 0.717) is 6.54 Å². The van der Waals surface area contributed by atoms with Crippen molar-refractivity contribution in [1.29, 1.82) is 0 Å². The van der Waals surface area contributed by atoms with Gasteiger partial charge in [-0.3, -0.25) is 14.4 Å². The average Bonchev–Trinajstić information content (AvgIpc) is 2.86. The molecule has 0 bridgehead atoms. The number of aromatic nitrogens is 2. The van der Waals surface area contributed by atoms with E-state index in [2.05, 4.69) is 10.00 Å². The lowest BCUT2D eigenvalue weighted by molar-refractivity contribution is -0.151. The molecule has 0 amide bonds. The first-order valence-corrected chi connectivity index (χ1v) is 7.51. The second kappa shape index (κ2) is 6.58. The number of carboxylic acids is 1. The van der Waals surface area contributed by atoms with Gasteiger partial charge in [0.25, 0.3) is 0 Å². The van der Waals surface area contributed by atoms with Crippen molar-refractivity contribution in [3.63, 3.8) is 0 Å². The predicted molar refractivity (Wildman–Crippen MR) is 78.7 cm³/mol. The fourth-order valence-electron chi connectivity index (χ4n) is 2.93. The van der Waals surface area contributed by atoms with Gasteiger partial charge in [0.1, 0.15) is 0 Å². The van der Waals surface area contributed by atoms with Gasteiger partial charge in [0, 0.05) is 24.8 Å². The van der Waals surface area contributed by atoms with Gasteiger partial charge in [-0.25, -0.2) is 0 Å². The quantitative estimate of drug-likeness (QED) is 0.824. The monoisotopic (exact) mass is 295 g/mol. The van der Waals surface area contributed by atoms with E-state index in [1.54, 1.807) is 4.68 Å². The van der Waals surface area contributed by atoms with Gasteiger partial charge in [0.15, 0.2) is 0 Å². The number of piperidine rings is 1. The molecule has 1 aromatic rings. The van der Waals surface area contributed by atoms with Crippen molar-refractivity contribution < 1.29 is 15.0 Å². The smallest absolute Gasteiger partial charge is 0.309 e. The maximum absolute atomic E-state index is 11.4. The van der Waals surface area contributed by atoms with Crippen molar-refractivity contribution in [3.05, 3.63) is 18.0 Å². The Bertz CT molecular complexity index is 484. The van der Waals surface area contributed by atoms with Crippen LogP contribution in [0, 0.1) is 11.3 Å². The fourth-order valence-corrected chi connectivity index (χ4v) is 2.93. The summed E-state index contributed by atoms with van der Waals surface area (Å²) in [6.45, 7) is 6.83. The molecule has 2 N–H and O–H groups in total. The molecule has 1 atom stereocenters. The lowest BCUT2D eigenvalue weighted by Crippen LogP contribution is -2.44. The van der Waals surface area contributed by atoms with E-state index in [9.17, 15) is 9.90 Å². The summed E-state index contributed by atoms with van der Waals surface area (Å²) in [4.78, 5) is 13.7. The molecular weight excluding hydrogens is 270 g/mol. The summed E-state index contributed by atoms with van der Waals surface area (Å²) in [5.74, 6) is -0.540. The second-order valence-electron chi connectivity index (χ2n) is 6.44. The van der Waals surface area contributed by atoms with Crippen molar-refractivity contribution in [3.8, 4) is 0 Å². The number of aliphatic hydroxyl groups is 1. The lowest BCUT2D eigenvalue weighted by atomic mass is 9.74. The Kier molecular flexibility index (Phi) is 5.00. The van der Waals surface area contributed by atoms with Gasteiger partial charge < -0.3 is 10.2 Å². The maximum atomic E-state index is 11.4. The largest absolute Gasteiger partial charge is 0.481 e. The highest BCUT2D eigenvalue weighted by atomic mass is 16.4. The normalized spacial score (nSPS) is 20.6. The van der Waals surface area contributed by atoms with Gasteiger partial charge in [-0.1, -0.05) is 0 Å². The van der Waals surface area contributed by atoms with Crippen molar-refractivity contribution in [2.24, 2.45) is 11.3 Å².